The molecule has 0 N–H and O–H groups in total. The fourth-order valence-electron chi connectivity index (χ4n) is 3.25. The molecular weight excluding hydrogens is 394 g/mol. The van der Waals surface area contributed by atoms with Gasteiger partial charge in [0.05, 0.1) is 24.1 Å². The molecule has 0 aliphatic carbocycles. The molecule has 0 saturated carbocycles. The number of rotatable bonds is 6. The summed E-state index contributed by atoms with van der Waals surface area (Å²) in [7, 11) is 0. The number of benzene rings is 2. The Morgan fingerprint density at radius 2 is 1.79 bits per heavy atom. The van der Waals surface area contributed by atoms with Crippen LogP contribution in [-0.4, -0.2) is 47.3 Å². The monoisotopic (exact) mass is 415 g/mol. The second-order valence-electron chi connectivity index (χ2n) is 6.74. The summed E-state index contributed by atoms with van der Waals surface area (Å²) < 4.78 is 7.23. The summed E-state index contributed by atoms with van der Waals surface area (Å²) in [5.74, 6) is 0.736. The maximum Gasteiger partial charge on any atom is 0.262 e. The van der Waals surface area contributed by atoms with E-state index in [-0.39, 0.29) is 5.56 Å². The van der Waals surface area contributed by atoms with Gasteiger partial charge in [0.2, 0.25) is 0 Å². The van der Waals surface area contributed by atoms with E-state index < -0.39 is 0 Å². The summed E-state index contributed by atoms with van der Waals surface area (Å²) in [5, 5.41) is 2.15. The molecule has 0 atom stereocenters. The Morgan fingerprint density at radius 1 is 1.04 bits per heavy atom. The van der Waals surface area contributed by atoms with E-state index in [4.69, 9.17) is 21.3 Å². The first-order valence-electron chi connectivity index (χ1n) is 9.37. The number of para-hydroxylation sites is 1. The van der Waals surface area contributed by atoms with Crippen molar-refractivity contribution in [2.24, 2.45) is 0 Å². The van der Waals surface area contributed by atoms with Crippen LogP contribution in [-0.2, 0) is 17.0 Å². The maximum absolute atomic E-state index is 13.1. The lowest BCUT2D eigenvalue weighted by Gasteiger charge is -2.27. The highest BCUT2D eigenvalue weighted by molar-refractivity contribution is 7.98. The van der Waals surface area contributed by atoms with Crippen molar-refractivity contribution in [2.75, 3.05) is 32.8 Å². The van der Waals surface area contributed by atoms with Crippen LogP contribution in [0.15, 0.2) is 58.5 Å². The molecule has 3 aromatic rings. The van der Waals surface area contributed by atoms with Crippen molar-refractivity contribution in [1.29, 1.82) is 0 Å². The Hall–Kier alpha value is -1.86. The average molecular weight is 416 g/mol. The fraction of sp³-hybridized carbons (Fsp3) is 0.333. The summed E-state index contributed by atoms with van der Waals surface area (Å²) in [6, 6.07) is 15.3. The van der Waals surface area contributed by atoms with Crippen LogP contribution < -0.4 is 5.56 Å². The van der Waals surface area contributed by atoms with E-state index in [9.17, 15) is 4.79 Å². The predicted molar refractivity (Wildman–Crippen MR) is 114 cm³/mol. The molecule has 1 aliphatic heterocycles. The van der Waals surface area contributed by atoms with E-state index in [0.717, 1.165) is 59.9 Å². The van der Waals surface area contributed by atoms with Gasteiger partial charge in [-0.15, -0.1) is 0 Å². The number of thioether (sulfide) groups is 1. The van der Waals surface area contributed by atoms with E-state index in [1.165, 1.54) is 0 Å². The normalized spacial score (nSPS) is 15.2. The van der Waals surface area contributed by atoms with Crippen molar-refractivity contribution in [1.82, 2.24) is 14.5 Å². The Labute approximate surface area is 173 Å². The first-order valence-corrected chi connectivity index (χ1v) is 10.7. The van der Waals surface area contributed by atoms with Crippen LogP contribution in [0.2, 0.25) is 5.02 Å². The van der Waals surface area contributed by atoms with Gasteiger partial charge >= 0.3 is 0 Å². The van der Waals surface area contributed by atoms with Gasteiger partial charge in [0.25, 0.3) is 5.56 Å². The molecule has 1 aromatic heterocycles. The lowest BCUT2D eigenvalue weighted by molar-refractivity contribution is 0.0359. The standard InChI is InChI=1S/C21H22ClN3O2S/c22-17-7-5-16(6-8-17)15-28-21-23-19-4-2-1-3-18(19)20(26)25(21)10-9-24-11-13-27-14-12-24/h1-8H,9-15H2. The summed E-state index contributed by atoms with van der Waals surface area (Å²) in [4.78, 5) is 20.2. The van der Waals surface area contributed by atoms with Gasteiger partial charge in [0.1, 0.15) is 0 Å². The van der Waals surface area contributed by atoms with Crippen LogP contribution >= 0.6 is 23.4 Å². The molecule has 0 amide bonds. The first kappa shape index (κ1) is 19.5. The SMILES string of the molecule is O=c1c2ccccc2nc(SCc2ccc(Cl)cc2)n1CCN1CCOCC1. The number of hydrogen-bond donors (Lipinski definition) is 0. The quantitative estimate of drug-likeness (QED) is 0.454. The van der Waals surface area contributed by atoms with Crippen LogP contribution in [0.3, 0.4) is 0 Å². The van der Waals surface area contributed by atoms with E-state index >= 15 is 0 Å². The molecule has 0 radical (unpaired) electrons. The predicted octanol–water partition coefficient (Wildman–Crippen LogP) is 3.67. The van der Waals surface area contributed by atoms with E-state index in [2.05, 4.69) is 4.90 Å². The fourth-order valence-corrected chi connectivity index (χ4v) is 4.36. The first-order chi connectivity index (χ1) is 13.7. The third-order valence-electron chi connectivity index (χ3n) is 4.85. The summed E-state index contributed by atoms with van der Waals surface area (Å²) >= 11 is 7.56. The van der Waals surface area contributed by atoms with Crippen molar-refractivity contribution in [3.05, 3.63) is 69.5 Å². The lowest BCUT2D eigenvalue weighted by Crippen LogP contribution is -2.39. The molecule has 1 fully saturated rings. The van der Waals surface area contributed by atoms with Gasteiger partial charge in [-0.25, -0.2) is 4.98 Å². The van der Waals surface area contributed by atoms with Gasteiger partial charge in [-0.2, -0.15) is 0 Å². The van der Waals surface area contributed by atoms with Gasteiger partial charge in [0, 0.05) is 37.0 Å². The molecule has 1 aliphatic rings. The molecule has 2 aromatic carbocycles. The number of ether oxygens (including phenoxy) is 1. The number of aromatic nitrogens is 2. The van der Waals surface area contributed by atoms with Gasteiger partial charge < -0.3 is 4.74 Å². The molecule has 7 heteroatoms. The minimum atomic E-state index is 0.0254. The van der Waals surface area contributed by atoms with Gasteiger partial charge in [-0.3, -0.25) is 14.3 Å². The minimum absolute atomic E-state index is 0.0254. The molecule has 0 spiro atoms. The summed E-state index contributed by atoms with van der Waals surface area (Å²) in [5.41, 5.74) is 1.92. The topological polar surface area (TPSA) is 47.4 Å². The highest BCUT2D eigenvalue weighted by Gasteiger charge is 2.15. The molecule has 1 saturated heterocycles. The maximum atomic E-state index is 13.1. The van der Waals surface area contributed by atoms with Crippen LogP contribution in [0.5, 0.6) is 0 Å². The highest BCUT2D eigenvalue weighted by atomic mass is 35.5. The van der Waals surface area contributed by atoms with E-state index in [1.54, 1.807) is 11.8 Å². The van der Waals surface area contributed by atoms with E-state index in [1.807, 2.05) is 53.1 Å². The zero-order valence-corrected chi connectivity index (χ0v) is 17.1. The van der Waals surface area contributed by atoms with Crippen molar-refractivity contribution >= 4 is 34.3 Å². The smallest absolute Gasteiger partial charge is 0.262 e. The zero-order chi connectivity index (χ0) is 19.3. The largest absolute Gasteiger partial charge is 0.379 e. The Morgan fingerprint density at radius 3 is 2.57 bits per heavy atom. The average Bonchev–Trinajstić information content (AvgIpc) is 2.74. The zero-order valence-electron chi connectivity index (χ0n) is 15.5. The third kappa shape index (κ3) is 4.58. The van der Waals surface area contributed by atoms with Gasteiger partial charge in [-0.05, 0) is 29.8 Å². The van der Waals surface area contributed by atoms with Crippen molar-refractivity contribution in [3.63, 3.8) is 0 Å². The molecule has 28 heavy (non-hydrogen) atoms. The van der Waals surface area contributed by atoms with E-state index in [0.29, 0.717) is 11.9 Å². The number of hydrogen-bond acceptors (Lipinski definition) is 5. The second kappa shape index (κ2) is 9.09. The van der Waals surface area contributed by atoms with Crippen molar-refractivity contribution < 1.29 is 4.74 Å². The molecule has 146 valence electrons. The van der Waals surface area contributed by atoms with Gasteiger partial charge in [-0.1, -0.05) is 47.6 Å². The molecule has 5 nitrogen and oxygen atoms in total. The Balaban J connectivity index is 1.60. The Bertz CT molecular complexity index is 1000. The second-order valence-corrected chi connectivity index (χ2v) is 8.12. The lowest BCUT2D eigenvalue weighted by atomic mass is 10.2. The molecule has 4 rings (SSSR count). The van der Waals surface area contributed by atoms with Gasteiger partial charge in [0.15, 0.2) is 5.16 Å². The minimum Gasteiger partial charge on any atom is -0.379 e. The summed E-state index contributed by atoms with van der Waals surface area (Å²) in [6.07, 6.45) is 0. The summed E-state index contributed by atoms with van der Waals surface area (Å²) in [6.45, 7) is 4.76. The van der Waals surface area contributed by atoms with Crippen LogP contribution in [0, 0.1) is 0 Å². The Kier molecular flexibility index (Phi) is 6.32. The van der Waals surface area contributed by atoms with Crippen molar-refractivity contribution in [2.45, 2.75) is 17.5 Å². The van der Waals surface area contributed by atoms with Crippen LogP contribution in [0.4, 0.5) is 0 Å². The number of halogens is 1. The molecule has 2 heterocycles. The number of fused-ring (bicyclic) bond motifs is 1. The van der Waals surface area contributed by atoms with Crippen LogP contribution in [0.25, 0.3) is 10.9 Å². The number of morpholine rings is 1. The van der Waals surface area contributed by atoms with Crippen LogP contribution in [0.1, 0.15) is 5.56 Å². The molecular formula is C21H22ClN3O2S. The van der Waals surface area contributed by atoms with Crippen molar-refractivity contribution in [3.8, 4) is 0 Å². The third-order valence-corrected chi connectivity index (χ3v) is 6.15. The number of nitrogens with zero attached hydrogens (tertiary/aromatic N) is 3. The molecule has 0 unspecified atom stereocenters. The molecule has 0 bridgehead atoms. The highest BCUT2D eigenvalue weighted by Crippen LogP contribution is 2.23.